The Bertz CT molecular complexity index is 362. The van der Waals surface area contributed by atoms with E-state index in [-0.39, 0.29) is 6.42 Å². The van der Waals surface area contributed by atoms with E-state index in [2.05, 4.69) is 17.4 Å². The van der Waals surface area contributed by atoms with Gasteiger partial charge in [-0.1, -0.05) is 18.2 Å². The third-order valence-corrected chi connectivity index (χ3v) is 2.92. The predicted molar refractivity (Wildman–Crippen MR) is 59.2 cm³/mol. The molecule has 1 aliphatic heterocycles. The molecular formula is C12H15NO2. The van der Waals surface area contributed by atoms with Crippen molar-refractivity contribution in [2.45, 2.75) is 25.2 Å². The van der Waals surface area contributed by atoms with Crippen molar-refractivity contribution in [3.8, 4) is 0 Å². The van der Waals surface area contributed by atoms with Crippen LogP contribution in [0.2, 0.25) is 0 Å². The Labute approximate surface area is 89.1 Å². The molecule has 0 aromatic heterocycles. The third-order valence-electron chi connectivity index (χ3n) is 2.92. The van der Waals surface area contributed by atoms with Crippen molar-refractivity contribution >= 4 is 11.7 Å². The molecule has 1 atom stereocenters. The molecule has 0 bridgehead atoms. The average Bonchev–Trinajstić information content (AvgIpc) is 2.26. The van der Waals surface area contributed by atoms with Gasteiger partial charge in [-0.05, 0) is 30.4 Å². The number of carboxylic acids is 1. The molecule has 0 fully saturated rings. The molecule has 0 saturated carbocycles. The lowest BCUT2D eigenvalue weighted by Crippen LogP contribution is -2.17. The number of hydrogen-bond donors (Lipinski definition) is 2. The van der Waals surface area contributed by atoms with Crippen LogP contribution in [0.4, 0.5) is 5.69 Å². The molecule has 0 radical (unpaired) electrons. The van der Waals surface area contributed by atoms with Gasteiger partial charge in [-0.15, -0.1) is 0 Å². The maximum absolute atomic E-state index is 10.5. The van der Waals surface area contributed by atoms with Crippen LogP contribution in [-0.2, 0) is 4.79 Å². The molecule has 1 aromatic rings. The van der Waals surface area contributed by atoms with Gasteiger partial charge in [-0.25, -0.2) is 0 Å². The summed E-state index contributed by atoms with van der Waals surface area (Å²) in [6.07, 6.45) is 2.04. The fourth-order valence-corrected chi connectivity index (χ4v) is 2.15. The highest BCUT2D eigenvalue weighted by molar-refractivity contribution is 5.67. The average molecular weight is 205 g/mol. The number of benzene rings is 1. The van der Waals surface area contributed by atoms with Gasteiger partial charge in [0.25, 0.3) is 0 Å². The highest BCUT2D eigenvalue weighted by atomic mass is 16.4. The van der Waals surface area contributed by atoms with Gasteiger partial charge >= 0.3 is 5.97 Å². The Morgan fingerprint density at radius 2 is 2.27 bits per heavy atom. The van der Waals surface area contributed by atoms with E-state index in [1.165, 1.54) is 11.3 Å². The predicted octanol–water partition coefficient (Wildman–Crippen LogP) is 2.45. The second-order valence-corrected chi connectivity index (χ2v) is 3.93. The lowest BCUT2D eigenvalue weighted by molar-refractivity contribution is -0.137. The molecule has 0 spiro atoms. The zero-order valence-corrected chi connectivity index (χ0v) is 8.57. The van der Waals surface area contributed by atoms with E-state index >= 15 is 0 Å². The zero-order valence-electron chi connectivity index (χ0n) is 8.57. The van der Waals surface area contributed by atoms with Crippen molar-refractivity contribution in [1.82, 2.24) is 0 Å². The number of rotatable bonds is 3. The van der Waals surface area contributed by atoms with Crippen molar-refractivity contribution < 1.29 is 9.90 Å². The van der Waals surface area contributed by atoms with E-state index in [9.17, 15) is 4.79 Å². The van der Waals surface area contributed by atoms with E-state index in [1.54, 1.807) is 0 Å². The lowest BCUT2D eigenvalue weighted by Gasteiger charge is -2.26. The van der Waals surface area contributed by atoms with E-state index in [1.807, 2.05) is 12.1 Å². The number of hydrogen-bond acceptors (Lipinski definition) is 2. The molecule has 80 valence electrons. The van der Waals surface area contributed by atoms with Crippen LogP contribution in [0.5, 0.6) is 0 Å². The summed E-state index contributed by atoms with van der Waals surface area (Å²) in [7, 11) is 0. The second kappa shape index (κ2) is 4.34. The van der Waals surface area contributed by atoms with Crippen molar-refractivity contribution in [1.29, 1.82) is 0 Å². The molecule has 2 rings (SSSR count). The number of carboxylic acid groups (broad SMARTS) is 1. The first kappa shape index (κ1) is 10.0. The van der Waals surface area contributed by atoms with Gasteiger partial charge in [0.15, 0.2) is 0 Å². The maximum Gasteiger partial charge on any atom is 0.303 e. The first-order valence-corrected chi connectivity index (χ1v) is 5.32. The fraction of sp³-hybridized carbons (Fsp3) is 0.417. The fourth-order valence-electron chi connectivity index (χ4n) is 2.15. The van der Waals surface area contributed by atoms with Crippen LogP contribution in [-0.4, -0.2) is 17.6 Å². The molecule has 3 nitrogen and oxygen atoms in total. The number of anilines is 1. The SMILES string of the molecule is O=C(O)CC[C@@H]1CCNc2ccccc21. The highest BCUT2D eigenvalue weighted by Crippen LogP contribution is 2.34. The molecule has 0 amide bonds. The number of para-hydroxylation sites is 1. The molecule has 2 N–H and O–H groups in total. The first-order valence-electron chi connectivity index (χ1n) is 5.32. The van der Waals surface area contributed by atoms with Gasteiger partial charge in [-0.3, -0.25) is 4.79 Å². The summed E-state index contributed by atoms with van der Waals surface area (Å²) >= 11 is 0. The molecule has 1 aliphatic rings. The van der Waals surface area contributed by atoms with Crippen molar-refractivity contribution in [3.63, 3.8) is 0 Å². The zero-order chi connectivity index (χ0) is 10.7. The normalized spacial score (nSPS) is 19.1. The number of aliphatic carboxylic acids is 1. The van der Waals surface area contributed by atoms with E-state index in [0.29, 0.717) is 5.92 Å². The van der Waals surface area contributed by atoms with Crippen LogP contribution in [0.25, 0.3) is 0 Å². The molecule has 1 heterocycles. The summed E-state index contributed by atoms with van der Waals surface area (Å²) in [5.41, 5.74) is 2.43. The summed E-state index contributed by atoms with van der Waals surface area (Å²) in [5, 5.41) is 12.0. The van der Waals surface area contributed by atoms with E-state index in [4.69, 9.17) is 5.11 Å². The van der Waals surface area contributed by atoms with Gasteiger partial charge in [0.2, 0.25) is 0 Å². The summed E-state index contributed by atoms with van der Waals surface area (Å²) < 4.78 is 0. The topological polar surface area (TPSA) is 49.3 Å². The van der Waals surface area contributed by atoms with Crippen LogP contribution in [0.1, 0.15) is 30.7 Å². The van der Waals surface area contributed by atoms with Crippen molar-refractivity contribution in [2.24, 2.45) is 0 Å². The monoisotopic (exact) mass is 205 g/mol. The van der Waals surface area contributed by atoms with Crippen molar-refractivity contribution in [3.05, 3.63) is 29.8 Å². The molecule has 0 saturated heterocycles. The Kier molecular flexibility index (Phi) is 2.90. The van der Waals surface area contributed by atoms with Gasteiger partial charge < -0.3 is 10.4 Å². The lowest BCUT2D eigenvalue weighted by atomic mass is 9.87. The van der Waals surface area contributed by atoms with Gasteiger partial charge in [-0.2, -0.15) is 0 Å². The molecule has 0 aliphatic carbocycles. The summed E-state index contributed by atoms with van der Waals surface area (Å²) in [4.78, 5) is 10.5. The molecule has 0 unspecified atom stereocenters. The summed E-state index contributed by atoms with van der Waals surface area (Å²) in [6.45, 7) is 0.946. The second-order valence-electron chi connectivity index (χ2n) is 3.93. The minimum atomic E-state index is -0.703. The van der Waals surface area contributed by atoms with E-state index in [0.717, 1.165) is 19.4 Å². The van der Waals surface area contributed by atoms with Crippen LogP contribution in [0.3, 0.4) is 0 Å². The largest absolute Gasteiger partial charge is 0.481 e. The number of fused-ring (bicyclic) bond motifs is 1. The smallest absolute Gasteiger partial charge is 0.303 e. The number of nitrogens with one attached hydrogen (secondary N) is 1. The molecule has 3 heteroatoms. The third kappa shape index (κ3) is 2.29. The molecule has 15 heavy (non-hydrogen) atoms. The van der Waals surface area contributed by atoms with Gasteiger partial charge in [0.05, 0.1) is 0 Å². The van der Waals surface area contributed by atoms with Crippen LogP contribution in [0.15, 0.2) is 24.3 Å². The molecule has 1 aromatic carbocycles. The summed E-state index contributed by atoms with van der Waals surface area (Å²) in [5.74, 6) is -0.301. The van der Waals surface area contributed by atoms with E-state index < -0.39 is 5.97 Å². The highest BCUT2D eigenvalue weighted by Gasteiger charge is 2.19. The Balaban J connectivity index is 2.11. The quantitative estimate of drug-likeness (QED) is 0.796. The Morgan fingerprint density at radius 3 is 3.07 bits per heavy atom. The standard InChI is InChI=1S/C12H15NO2/c14-12(15)6-5-9-7-8-13-11-4-2-1-3-10(9)11/h1-4,9,13H,5-8H2,(H,14,15)/t9-/m1/s1. The van der Waals surface area contributed by atoms with Gasteiger partial charge in [0, 0.05) is 18.7 Å². The summed E-state index contributed by atoms with van der Waals surface area (Å²) in [6, 6.07) is 8.17. The van der Waals surface area contributed by atoms with Crippen LogP contribution >= 0.6 is 0 Å². The van der Waals surface area contributed by atoms with Crippen molar-refractivity contribution in [2.75, 3.05) is 11.9 Å². The maximum atomic E-state index is 10.5. The first-order chi connectivity index (χ1) is 7.27. The Hall–Kier alpha value is -1.51. The van der Waals surface area contributed by atoms with Crippen LogP contribution < -0.4 is 5.32 Å². The number of carbonyl (C=O) groups is 1. The minimum Gasteiger partial charge on any atom is -0.481 e. The Morgan fingerprint density at radius 1 is 1.47 bits per heavy atom. The van der Waals surface area contributed by atoms with Gasteiger partial charge in [0.1, 0.15) is 0 Å². The van der Waals surface area contributed by atoms with Crippen LogP contribution in [0, 0.1) is 0 Å². The minimum absolute atomic E-state index is 0.263. The molecular weight excluding hydrogens is 190 g/mol.